The minimum atomic E-state index is 0. The van der Waals surface area contributed by atoms with Crippen LogP contribution in [0.3, 0.4) is 0 Å². The van der Waals surface area contributed by atoms with Gasteiger partial charge in [0, 0.05) is 58.1 Å². The minimum absolute atomic E-state index is 0. The van der Waals surface area contributed by atoms with Gasteiger partial charge in [0.25, 0.3) is 0 Å². The molecule has 0 saturated carbocycles. The van der Waals surface area contributed by atoms with Gasteiger partial charge >= 0.3 is 42.1 Å². The quantitative estimate of drug-likeness (QED) is 0.185. The third-order valence-corrected chi connectivity index (χ3v) is 8.98. The van der Waals surface area contributed by atoms with E-state index in [0.717, 1.165) is 52.7 Å². The number of hydrogen-bond acceptors (Lipinski definition) is 2. The molecule has 0 fully saturated rings. The van der Waals surface area contributed by atoms with E-state index in [0.29, 0.717) is 11.8 Å². The molecule has 0 spiro atoms. The van der Waals surface area contributed by atoms with Crippen molar-refractivity contribution in [2.45, 2.75) is 60.0 Å². The first kappa shape index (κ1) is 52.7. The van der Waals surface area contributed by atoms with Gasteiger partial charge in [-0.25, -0.2) is 0 Å². The number of nitrogens with zero attached hydrogens (tertiary/aromatic N) is 2. The van der Waals surface area contributed by atoms with Gasteiger partial charge in [-0.15, -0.1) is 0 Å². The molecule has 0 N–H and O–H groups in total. The van der Waals surface area contributed by atoms with E-state index in [9.17, 15) is 0 Å². The van der Waals surface area contributed by atoms with E-state index in [1.54, 1.807) is 0 Å². The molecule has 0 amide bonds. The van der Waals surface area contributed by atoms with Crippen LogP contribution in [0.25, 0.3) is 0 Å². The van der Waals surface area contributed by atoms with Gasteiger partial charge in [0.15, 0.2) is 0 Å². The van der Waals surface area contributed by atoms with Crippen LogP contribution in [0.2, 0.25) is 20.1 Å². The Bertz CT molecular complexity index is 1450. The number of likely N-dealkylation sites (N-methyl/N-ethyl adjacent to an activating group) is 2. The average molecular weight is 1080 g/mol. The van der Waals surface area contributed by atoms with Crippen LogP contribution in [0.1, 0.15) is 77.6 Å². The molecule has 0 radical (unpaired) electrons. The molecule has 2 heterocycles. The Morgan fingerprint density at radius 3 is 1.24 bits per heavy atom. The third kappa shape index (κ3) is 14.0. The van der Waals surface area contributed by atoms with Crippen molar-refractivity contribution in [3.63, 3.8) is 0 Å². The summed E-state index contributed by atoms with van der Waals surface area (Å²) in [5.41, 5.74) is 10.2. The van der Waals surface area contributed by atoms with E-state index in [-0.39, 0.29) is 71.8 Å². The van der Waals surface area contributed by atoms with Crippen molar-refractivity contribution in [1.29, 1.82) is 0 Å². The van der Waals surface area contributed by atoms with E-state index in [1.165, 1.54) is 44.5 Å². The van der Waals surface area contributed by atoms with Crippen molar-refractivity contribution < 1.29 is 42.1 Å². The molecule has 2 aliphatic rings. The fourth-order valence-electron chi connectivity index (χ4n) is 6.03. The van der Waals surface area contributed by atoms with Gasteiger partial charge in [0.1, 0.15) is 0 Å². The Balaban J connectivity index is -0.000000718. The van der Waals surface area contributed by atoms with Crippen molar-refractivity contribution in [3.05, 3.63) is 166 Å². The number of benzene rings is 4. The maximum Gasteiger partial charge on any atom is 2.00 e. The number of halogens is 4. The molecular weight excluding hydrogens is 1030 g/mol. The minimum Gasteiger partial charge on any atom is -0.372 e. The van der Waals surface area contributed by atoms with E-state index < -0.39 is 0 Å². The summed E-state index contributed by atoms with van der Waals surface area (Å²) in [7, 11) is 4.27. The summed E-state index contributed by atoms with van der Waals surface area (Å²) in [5.74, 6) is 0.666. The van der Waals surface area contributed by atoms with Gasteiger partial charge in [0.2, 0.25) is 0 Å². The topological polar surface area (TPSA) is 6.48 Å². The Morgan fingerprint density at radius 1 is 0.612 bits per heavy atom. The molecule has 8 heteroatoms. The molecule has 4 aromatic rings. The second kappa shape index (κ2) is 24.6. The summed E-state index contributed by atoms with van der Waals surface area (Å²) < 4.78 is 0. The second-order valence-electron chi connectivity index (χ2n) is 11.6. The van der Waals surface area contributed by atoms with Gasteiger partial charge in [-0.05, 0) is 85.6 Å². The van der Waals surface area contributed by atoms with Crippen LogP contribution in [0.15, 0.2) is 72.8 Å². The molecule has 6 rings (SSSR count). The first-order valence-corrected chi connectivity index (χ1v) is 16.1. The van der Waals surface area contributed by atoms with Gasteiger partial charge in [-0.1, -0.05) is 121 Å². The fraction of sp³-hybridized carbons (Fsp3) is 0.317. The largest absolute Gasteiger partial charge is 2.00 e. The standard InChI is InChI=1S/2C17H17Cl2N.C3H6.2CH4.2CH3.2W/c2*1-11-4-3-5-12(6-11)15-9-20(2)10-16-14(15)7-13(18)8-17(16)19;1-3-2;;;;;;/h2*3-8,15H,9-10H2,1-2H3;1-3H2;2*1H4;2*1H3;;/q;;-2;;;2*-1;2*+2/t2*15-;;;;;;;/m00......./s1. The van der Waals surface area contributed by atoms with Gasteiger partial charge in [0.05, 0.1) is 0 Å². The normalized spacial score (nSPS) is 15.8. The van der Waals surface area contributed by atoms with E-state index in [4.69, 9.17) is 46.4 Å². The number of hydrogen-bond donors (Lipinski definition) is 0. The Morgan fingerprint density at radius 2 is 0.939 bits per heavy atom. The molecule has 2 nitrogen and oxygen atoms in total. The van der Waals surface area contributed by atoms with Crippen molar-refractivity contribution in [1.82, 2.24) is 9.80 Å². The van der Waals surface area contributed by atoms with Crippen LogP contribution >= 0.6 is 46.4 Å². The molecule has 2 aliphatic heterocycles. The van der Waals surface area contributed by atoms with Crippen LogP contribution in [0.4, 0.5) is 0 Å². The van der Waals surface area contributed by atoms with Crippen molar-refractivity contribution in [2.75, 3.05) is 27.2 Å². The number of fused-ring (bicyclic) bond motifs is 2. The van der Waals surface area contributed by atoms with E-state index in [1.807, 2.05) is 12.1 Å². The summed E-state index contributed by atoms with van der Waals surface area (Å²) >= 11 is 25.2. The monoisotopic (exact) mass is 1080 g/mol. The van der Waals surface area contributed by atoms with Crippen molar-refractivity contribution in [2.24, 2.45) is 0 Å². The smallest absolute Gasteiger partial charge is 0.372 e. The fourth-order valence-corrected chi connectivity index (χ4v) is 7.17. The molecule has 2 atom stereocenters. The first-order valence-electron chi connectivity index (χ1n) is 14.5. The van der Waals surface area contributed by atoms with Gasteiger partial charge in [-0.2, -0.15) is 0 Å². The predicted octanol–water partition coefficient (Wildman–Crippen LogP) is 13.0. The SMILES string of the molecule is C.C.Cc1cccc([C@@H]2CN(C)Cc3c(Cl)cc(Cl)cc32)c1.Cc1cccc([C@@H]2CN(C)Cc3c(Cl)cc(Cl)cc32)c1.[CH2-]C[CH2-].[CH3-].[CH3-].[W+2].[W+2]. The van der Waals surface area contributed by atoms with Crippen LogP contribution in [0, 0.1) is 42.5 Å². The molecular formula is C41H54Cl4N2W2. The summed E-state index contributed by atoms with van der Waals surface area (Å²) in [6, 6.07) is 25.2. The van der Waals surface area contributed by atoms with E-state index in [2.05, 4.69) is 112 Å². The summed E-state index contributed by atoms with van der Waals surface area (Å²) in [5, 5.41) is 2.99. The Hall–Kier alpha value is -0.663. The first-order chi connectivity index (χ1) is 20.5. The van der Waals surface area contributed by atoms with Gasteiger partial charge in [-0.3, -0.25) is 0 Å². The van der Waals surface area contributed by atoms with Crippen LogP contribution in [-0.4, -0.2) is 37.0 Å². The number of aryl methyl sites for hydroxylation is 2. The zero-order chi connectivity index (χ0) is 31.3. The molecule has 0 aromatic heterocycles. The molecule has 268 valence electrons. The molecule has 0 aliphatic carbocycles. The van der Waals surface area contributed by atoms with Crippen molar-refractivity contribution in [3.8, 4) is 0 Å². The maximum absolute atomic E-state index is 6.39. The number of rotatable bonds is 2. The molecule has 4 aromatic carbocycles. The van der Waals surface area contributed by atoms with Crippen LogP contribution in [0.5, 0.6) is 0 Å². The zero-order valence-corrected chi connectivity index (χ0v) is 37.1. The van der Waals surface area contributed by atoms with Crippen LogP contribution < -0.4 is 0 Å². The average Bonchev–Trinajstić information content (AvgIpc) is 2.94. The third-order valence-electron chi connectivity index (χ3n) is 7.87. The summed E-state index contributed by atoms with van der Waals surface area (Å²) in [6.07, 6.45) is 0.750. The zero-order valence-electron chi connectivity index (χ0n) is 28.3. The predicted molar refractivity (Wildman–Crippen MR) is 213 cm³/mol. The molecule has 0 saturated heterocycles. The van der Waals surface area contributed by atoms with Crippen molar-refractivity contribution >= 4 is 46.4 Å². The summed E-state index contributed by atoms with van der Waals surface area (Å²) in [4.78, 5) is 4.63. The second-order valence-corrected chi connectivity index (χ2v) is 13.3. The Labute approximate surface area is 348 Å². The Kier molecular flexibility index (Phi) is 26.4. The molecule has 0 bridgehead atoms. The molecule has 0 unspecified atom stereocenters. The maximum atomic E-state index is 6.39. The molecule has 49 heavy (non-hydrogen) atoms. The van der Waals surface area contributed by atoms with Crippen LogP contribution in [-0.2, 0) is 55.2 Å². The summed E-state index contributed by atoms with van der Waals surface area (Å²) in [6.45, 7) is 14.8. The van der Waals surface area contributed by atoms with E-state index >= 15 is 0 Å². The van der Waals surface area contributed by atoms with Gasteiger partial charge < -0.3 is 44.9 Å².